The molecule has 0 aliphatic carbocycles. The van der Waals surface area contributed by atoms with Gasteiger partial charge in [0.25, 0.3) is 0 Å². The molecule has 4 aromatic rings. The highest BCUT2D eigenvalue weighted by Gasteiger charge is 2.32. The van der Waals surface area contributed by atoms with Crippen molar-refractivity contribution in [3.63, 3.8) is 0 Å². The molecular weight excluding hydrogens is 612 g/mol. The molecule has 1 aromatic heterocycles. The predicted molar refractivity (Wildman–Crippen MR) is 182 cm³/mol. The van der Waals surface area contributed by atoms with Crippen LogP contribution in [0.5, 0.6) is 0 Å². The van der Waals surface area contributed by atoms with Gasteiger partial charge in [0.05, 0.1) is 18.8 Å². The third-order valence-electron chi connectivity index (χ3n) is 7.92. The van der Waals surface area contributed by atoms with Crippen molar-refractivity contribution in [1.82, 2.24) is 20.6 Å². The van der Waals surface area contributed by atoms with E-state index in [1.165, 1.54) is 6.92 Å². The van der Waals surface area contributed by atoms with E-state index in [9.17, 15) is 14.7 Å². The summed E-state index contributed by atoms with van der Waals surface area (Å²) in [5.74, 6) is 0.677. The van der Waals surface area contributed by atoms with Crippen LogP contribution >= 0.6 is 11.8 Å². The highest BCUT2D eigenvalue weighted by atomic mass is 32.2. The number of ether oxygens (including phenoxy) is 2. The number of nitrogens with zero attached hydrogens (tertiary/aromatic N) is 2. The molecule has 0 radical (unpaired) electrons. The number of rotatable bonds is 15. The SMILES string of the molecule is CC(=O)NCCCCCC(=O)NCc1cccc(-c2cccc([C@@H]3O[C@H](CSc4ncccn4)C[C@H](c4ccc(CO)cc4)O3)c2)c1. The van der Waals surface area contributed by atoms with E-state index in [4.69, 9.17) is 9.47 Å². The molecule has 9 nitrogen and oxygen atoms in total. The van der Waals surface area contributed by atoms with Gasteiger partial charge in [0.1, 0.15) is 0 Å². The van der Waals surface area contributed by atoms with E-state index in [1.807, 2.05) is 48.5 Å². The molecule has 47 heavy (non-hydrogen) atoms. The number of carbonyl (C=O) groups excluding carboxylic acids is 2. The van der Waals surface area contributed by atoms with E-state index in [1.54, 1.807) is 30.2 Å². The van der Waals surface area contributed by atoms with Crippen LogP contribution in [0.1, 0.15) is 73.7 Å². The quantitative estimate of drug-likeness (QED) is 0.0777. The fourth-order valence-electron chi connectivity index (χ4n) is 5.42. The number of unbranched alkanes of at least 4 members (excludes halogenated alkanes) is 2. The molecule has 3 N–H and O–H groups in total. The number of aromatic nitrogens is 2. The first-order valence-corrected chi connectivity index (χ1v) is 17.1. The zero-order chi connectivity index (χ0) is 32.8. The zero-order valence-electron chi connectivity index (χ0n) is 26.6. The number of hydrogen-bond donors (Lipinski definition) is 3. The number of hydrogen-bond acceptors (Lipinski definition) is 8. The standard InChI is InChI=1S/C37H42N4O5S/c1-26(43)38-17-4-2-3-12-35(44)41-23-28-8-5-9-30(20-28)31-10-6-11-32(21-31)36-45-33(25-47-37-39-18-7-19-40-37)22-34(46-36)29-15-13-27(24-42)14-16-29/h5-11,13-16,18-21,33-34,36,42H,2-4,12,17,22-25H2,1H3,(H,38,43)(H,41,44)/t33-,34+,36+/m0/s1. The average molecular weight is 655 g/mol. The molecule has 0 saturated carbocycles. The molecule has 1 aliphatic heterocycles. The summed E-state index contributed by atoms with van der Waals surface area (Å²) in [6.07, 6.45) is 6.32. The van der Waals surface area contributed by atoms with Crippen molar-refractivity contribution in [2.45, 2.75) is 75.8 Å². The minimum atomic E-state index is -0.575. The Hall–Kier alpha value is -4.09. The van der Waals surface area contributed by atoms with Crippen molar-refractivity contribution < 1.29 is 24.2 Å². The van der Waals surface area contributed by atoms with E-state index < -0.39 is 6.29 Å². The monoisotopic (exact) mass is 654 g/mol. The van der Waals surface area contributed by atoms with Crippen LogP contribution in [0.2, 0.25) is 0 Å². The van der Waals surface area contributed by atoms with Crippen LogP contribution in [0, 0.1) is 0 Å². The Labute approximate surface area is 280 Å². The van der Waals surface area contributed by atoms with Gasteiger partial charge in [0, 0.05) is 56.6 Å². The van der Waals surface area contributed by atoms with Crippen molar-refractivity contribution in [3.05, 3.63) is 114 Å². The summed E-state index contributed by atoms with van der Waals surface area (Å²) in [5.41, 5.74) is 5.90. The van der Waals surface area contributed by atoms with Gasteiger partial charge in [-0.25, -0.2) is 9.97 Å². The first-order valence-electron chi connectivity index (χ1n) is 16.1. The number of carbonyl (C=O) groups is 2. The topological polar surface area (TPSA) is 123 Å². The molecule has 2 heterocycles. The van der Waals surface area contributed by atoms with Gasteiger partial charge < -0.3 is 25.2 Å². The van der Waals surface area contributed by atoms with Gasteiger partial charge in [-0.2, -0.15) is 0 Å². The minimum absolute atomic E-state index is 0.00360. The summed E-state index contributed by atoms with van der Waals surface area (Å²) in [5, 5.41) is 16.0. The maximum absolute atomic E-state index is 12.4. The molecule has 10 heteroatoms. The number of nitrogens with one attached hydrogen (secondary N) is 2. The highest BCUT2D eigenvalue weighted by Crippen LogP contribution is 2.40. The van der Waals surface area contributed by atoms with Crippen LogP contribution in [0.4, 0.5) is 0 Å². The summed E-state index contributed by atoms with van der Waals surface area (Å²) < 4.78 is 13.1. The normalized spacial score (nSPS) is 17.6. The summed E-state index contributed by atoms with van der Waals surface area (Å²) in [4.78, 5) is 32.1. The molecule has 1 fully saturated rings. The lowest BCUT2D eigenvalue weighted by Gasteiger charge is -2.36. The second-order valence-electron chi connectivity index (χ2n) is 11.6. The van der Waals surface area contributed by atoms with Crippen LogP contribution < -0.4 is 10.6 Å². The Bertz CT molecular complexity index is 1590. The van der Waals surface area contributed by atoms with E-state index in [2.05, 4.69) is 44.9 Å². The number of benzene rings is 3. The fraction of sp³-hybridized carbons (Fsp3) is 0.351. The fourth-order valence-corrected chi connectivity index (χ4v) is 6.24. The molecule has 1 aliphatic rings. The second kappa shape index (κ2) is 17.7. The Morgan fingerprint density at radius 2 is 1.62 bits per heavy atom. The van der Waals surface area contributed by atoms with Crippen molar-refractivity contribution in [2.75, 3.05) is 12.3 Å². The van der Waals surface area contributed by atoms with Crippen LogP contribution in [0.25, 0.3) is 11.1 Å². The molecule has 3 atom stereocenters. The van der Waals surface area contributed by atoms with E-state index in [0.717, 1.165) is 52.6 Å². The summed E-state index contributed by atoms with van der Waals surface area (Å²) >= 11 is 1.56. The lowest BCUT2D eigenvalue weighted by Crippen LogP contribution is -2.31. The van der Waals surface area contributed by atoms with Crippen LogP contribution in [-0.4, -0.2) is 45.3 Å². The Balaban J connectivity index is 1.23. The van der Waals surface area contributed by atoms with Gasteiger partial charge in [-0.15, -0.1) is 0 Å². The van der Waals surface area contributed by atoms with E-state index in [-0.39, 0.29) is 30.6 Å². The maximum atomic E-state index is 12.4. The van der Waals surface area contributed by atoms with E-state index in [0.29, 0.717) is 36.8 Å². The van der Waals surface area contributed by atoms with E-state index >= 15 is 0 Å². The number of amides is 2. The van der Waals surface area contributed by atoms with Crippen molar-refractivity contribution in [1.29, 1.82) is 0 Å². The summed E-state index contributed by atoms with van der Waals surface area (Å²) in [6, 6.07) is 26.1. The van der Waals surface area contributed by atoms with Crippen molar-refractivity contribution in [3.8, 4) is 11.1 Å². The largest absolute Gasteiger partial charge is 0.392 e. The molecular formula is C37H42N4O5S. The highest BCUT2D eigenvalue weighted by molar-refractivity contribution is 7.99. The molecule has 0 unspecified atom stereocenters. The van der Waals surface area contributed by atoms with Crippen molar-refractivity contribution >= 4 is 23.6 Å². The first-order chi connectivity index (χ1) is 23.0. The Kier molecular flexibility index (Phi) is 12.9. The third kappa shape index (κ3) is 10.7. The molecule has 5 rings (SSSR count). The van der Waals surface area contributed by atoms with Crippen LogP contribution in [-0.2, 0) is 32.2 Å². The zero-order valence-corrected chi connectivity index (χ0v) is 27.5. The third-order valence-corrected chi connectivity index (χ3v) is 8.93. The van der Waals surface area contributed by atoms with Crippen LogP contribution in [0.3, 0.4) is 0 Å². The first kappa shape index (κ1) is 34.3. The lowest BCUT2D eigenvalue weighted by molar-refractivity contribution is -0.245. The number of aliphatic hydroxyl groups excluding tert-OH is 1. The van der Waals surface area contributed by atoms with Gasteiger partial charge in [-0.1, -0.05) is 78.8 Å². The van der Waals surface area contributed by atoms with Gasteiger partial charge in [-0.3, -0.25) is 9.59 Å². The van der Waals surface area contributed by atoms with Gasteiger partial charge in [0.2, 0.25) is 11.8 Å². The van der Waals surface area contributed by atoms with Crippen LogP contribution in [0.15, 0.2) is 96.4 Å². The Morgan fingerprint density at radius 1 is 0.851 bits per heavy atom. The van der Waals surface area contributed by atoms with Gasteiger partial charge in [-0.05, 0) is 58.9 Å². The smallest absolute Gasteiger partial charge is 0.220 e. The maximum Gasteiger partial charge on any atom is 0.220 e. The van der Waals surface area contributed by atoms with Gasteiger partial charge >= 0.3 is 0 Å². The molecule has 246 valence electrons. The minimum Gasteiger partial charge on any atom is -0.392 e. The number of thioether (sulfide) groups is 1. The molecule has 3 aromatic carbocycles. The molecule has 1 saturated heterocycles. The molecule has 2 amide bonds. The van der Waals surface area contributed by atoms with Crippen molar-refractivity contribution in [2.24, 2.45) is 0 Å². The predicted octanol–water partition coefficient (Wildman–Crippen LogP) is 6.29. The summed E-state index contributed by atoms with van der Waals surface area (Å²) in [6.45, 7) is 2.60. The lowest BCUT2D eigenvalue weighted by atomic mass is 9.99. The Morgan fingerprint density at radius 3 is 2.38 bits per heavy atom. The molecule has 0 spiro atoms. The summed E-state index contributed by atoms with van der Waals surface area (Å²) in [7, 11) is 0. The average Bonchev–Trinajstić information content (AvgIpc) is 3.11. The number of aliphatic hydroxyl groups is 1. The van der Waals surface area contributed by atoms with Gasteiger partial charge in [0.15, 0.2) is 11.4 Å². The molecule has 0 bridgehead atoms. The second-order valence-corrected chi connectivity index (χ2v) is 12.6.